The highest BCUT2D eigenvalue weighted by Crippen LogP contribution is 2.41. The Balaban J connectivity index is 2.06. The average Bonchev–Trinajstić information content (AvgIpc) is 2.70. The van der Waals surface area contributed by atoms with Crippen molar-refractivity contribution in [1.29, 1.82) is 0 Å². The Morgan fingerprint density at radius 2 is 1.90 bits per heavy atom. The summed E-state index contributed by atoms with van der Waals surface area (Å²) in [5.74, 6) is -0.0266. The van der Waals surface area contributed by atoms with Crippen molar-refractivity contribution in [2.24, 2.45) is 0 Å². The molecule has 3 nitrogen and oxygen atoms in total. The first kappa shape index (κ1) is 14.4. The van der Waals surface area contributed by atoms with Gasteiger partial charge in [0.25, 0.3) is 0 Å². The predicted molar refractivity (Wildman–Crippen MR) is 81.8 cm³/mol. The smallest absolute Gasteiger partial charge is 0.230 e. The molecule has 1 aliphatic rings. The summed E-state index contributed by atoms with van der Waals surface area (Å²) in [5.41, 5.74) is 7.62. The average molecular weight is 309 g/mol. The summed E-state index contributed by atoms with van der Waals surface area (Å²) in [7, 11) is 0. The zero-order valence-electron chi connectivity index (χ0n) is 11.7. The number of halogens is 2. The molecule has 1 fully saturated rings. The van der Waals surface area contributed by atoms with Gasteiger partial charge in [-0.2, -0.15) is 0 Å². The van der Waals surface area contributed by atoms with Crippen LogP contribution in [0.1, 0.15) is 50.1 Å². The van der Waals surface area contributed by atoms with E-state index in [9.17, 15) is 4.39 Å². The molecule has 5 heteroatoms. The summed E-state index contributed by atoms with van der Waals surface area (Å²) in [5, 5.41) is 4.20. The van der Waals surface area contributed by atoms with E-state index in [-0.39, 0.29) is 16.8 Å². The minimum absolute atomic E-state index is 0.0833. The van der Waals surface area contributed by atoms with E-state index in [4.69, 9.17) is 21.9 Å². The first-order chi connectivity index (χ1) is 10.2. The van der Waals surface area contributed by atoms with Gasteiger partial charge in [0.1, 0.15) is 5.82 Å². The molecule has 0 atom stereocenters. The predicted octanol–water partition coefficient (Wildman–Crippen LogP) is 5.15. The van der Waals surface area contributed by atoms with Crippen molar-refractivity contribution in [2.45, 2.75) is 44.4 Å². The zero-order chi connectivity index (χ0) is 14.8. The van der Waals surface area contributed by atoms with Crippen molar-refractivity contribution >= 4 is 17.5 Å². The Morgan fingerprint density at radius 3 is 2.62 bits per heavy atom. The third kappa shape index (κ3) is 2.77. The molecule has 1 saturated carbocycles. The molecule has 1 aromatic carbocycles. The fraction of sp³-hybridized carbons (Fsp3) is 0.438. The summed E-state index contributed by atoms with van der Waals surface area (Å²) in [6.07, 6.45) is 6.89. The van der Waals surface area contributed by atoms with Crippen LogP contribution in [-0.4, -0.2) is 5.16 Å². The van der Waals surface area contributed by atoms with Crippen LogP contribution in [0.4, 0.5) is 10.3 Å². The third-order valence-electron chi connectivity index (χ3n) is 4.21. The van der Waals surface area contributed by atoms with Crippen molar-refractivity contribution in [2.75, 3.05) is 5.73 Å². The van der Waals surface area contributed by atoms with Gasteiger partial charge in [-0.3, -0.25) is 0 Å². The Hall–Kier alpha value is -1.55. The molecule has 1 aliphatic carbocycles. The molecular weight excluding hydrogens is 291 g/mol. The van der Waals surface area contributed by atoms with E-state index >= 15 is 0 Å². The molecule has 0 unspecified atom stereocenters. The van der Waals surface area contributed by atoms with Crippen molar-refractivity contribution in [1.82, 2.24) is 5.16 Å². The molecule has 0 bridgehead atoms. The molecule has 0 saturated heterocycles. The second-order valence-corrected chi connectivity index (χ2v) is 6.00. The number of anilines is 1. The fourth-order valence-corrected chi connectivity index (χ4v) is 3.29. The highest BCUT2D eigenvalue weighted by atomic mass is 35.5. The zero-order valence-corrected chi connectivity index (χ0v) is 12.5. The summed E-state index contributed by atoms with van der Waals surface area (Å²) in [6, 6.07) is 4.91. The SMILES string of the molecule is Nc1onc(C2CCCCCC2)c1-c1cccc(Cl)c1F. The minimum atomic E-state index is -0.469. The van der Waals surface area contributed by atoms with Gasteiger partial charge in [0.05, 0.1) is 16.3 Å². The van der Waals surface area contributed by atoms with E-state index in [0.29, 0.717) is 11.1 Å². The summed E-state index contributed by atoms with van der Waals surface area (Å²) >= 11 is 5.88. The highest BCUT2D eigenvalue weighted by molar-refractivity contribution is 6.31. The van der Waals surface area contributed by atoms with E-state index in [2.05, 4.69) is 5.16 Å². The van der Waals surface area contributed by atoms with Gasteiger partial charge in [-0.25, -0.2) is 4.39 Å². The number of aromatic nitrogens is 1. The van der Waals surface area contributed by atoms with Crippen molar-refractivity contribution in [3.63, 3.8) is 0 Å². The summed E-state index contributed by atoms with van der Waals surface area (Å²) < 4.78 is 19.5. The molecule has 0 aliphatic heterocycles. The molecule has 0 radical (unpaired) electrons. The molecule has 1 heterocycles. The second-order valence-electron chi connectivity index (χ2n) is 5.60. The number of benzene rings is 1. The van der Waals surface area contributed by atoms with Crippen LogP contribution in [0.3, 0.4) is 0 Å². The lowest BCUT2D eigenvalue weighted by atomic mass is 9.91. The maximum atomic E-state index is 14.3. The lowest BCUT2D eigenvalue weighted by Gasteiger charge is -2.13. The monoisotopic (exact) mass is 308 g/mol. The quantitative estimate of drug-likeness (QED) is 0.780. The van der Waals surface area contributed by atoms with Crippen LogP contribution >= 0.6 is 11.6 Å². The van der Waals surface area contributed by atoms with Gasteiger partial charge in [0.15, 0.2) is 0 Å². The fourth-order valence-electron chi connectivity index (χ4n) is 3.11. The van der Waals surface area contributed by atoms with Gasteiger partial charge in [0, 0.05) is 11.5 Å². The van der Waals surface area contributed by atoms with Gasteiger partial charge in [-0.15, -0.1) is 0 Å². The molecule has 0 amide bonds. The highest BCUT2D eigenvalue weighted by Gasteiger charge is 2.26. The van der Waals surface area contributed by atoms with Gasteiger partial charge in [-0.1, -0.05) is 54.6 Å². The Morgan fingerprint density at radius 1 is 1.19 bits per heavy atom. The van der Waals surface area contributed by atoms with Crippen LogP contribution in [0, 0.1) is 5.82 Å². The second kappa shape index (κ2) is 6.06. The first-order valence-electron chi connectivity index (χ1n) is 7.38. The maximum absolute atomic E-state index is 14.3. The van der Waals surface area contributed by atoms with E-state index in [1.165, 1.54) is 18.9 Å². The number of nitrogen functional groups attached to an aromatic ring is 1. The molecular formula is C16H18ClFN2O. The standard InChI is InChI=1S/C16H18ClFN2O/c17-12-9-5-8-11(14(12)18)13-15(20-21-16(13)19)10-6-3-1-2-4-7-10/h5,8-10H,1-4,6-7,19H2. The van der Waals surface area contributed by atoms with Gasteiger partial charge >= 0.3 is 0 Å². The van der Waals surface area contributed by atoms with Gasteiger partial charge in [-0.05, 0) is 18.9 Å². The number of nitrogens with zero attached hydrogens (tertiary/aromatic N) is 1. The van der Waals surface area contributed by atoms with Crippen LogP contribution in [-0.2, 0) is 0 Å². The van der Waals surface area contributed by atoms with E-state index in [1.807, 2.05) is 0 Å². The minimum Gasteiger partial charge on any atom is -0.367 e. The summed E-state index contributed by atoms with van der Waals surface area (Å²) in [6.45, 7) is 0. The van der Waals surface area contributed by atoms with Crippen LogP contribution in [0.5, 0.6) is 0 Å². The Kier molecular flexibility index (Phi) is 4.15. The van der Waals surface area contributed by atoms with Crippen LogP contribution in [0.15, 0.2) is 22.7 Å². The topological polar surface area (TPSA) is 52.0 Å². The van der Waals surface area contributed by atoms with E-state index in [0.717, 1.165) is 31.4 Å². The van der Waals surface area contributed by atoms with E-state index < -0.39 is 5.82 Å². The molecule has 112 valence electrons. The normalized spacial score (nSPS) is 16.9. The number of nitrogens with two attached hydrogens (primary N) is 1. The van der Waals surface area contributed by atoms with Crippen LogP contribution < -0.4 is 5.73 Å². The lowest BCUT2D eigenvalue weighted by Crippen LogP contribution is -2.01. The number of rotatable bonds is 2. The molecule has 21 heavy (non-hydrogen) atoms. The lowest BCUT2D eigenvalue weighted by molar-refractivity contribution is 0.413. The Bertz CT molecular complexity index is 633. The van der Waals surface area contributed by atoms with Gasteiger partial charge < -0.3 is 10.3 Å². The number of hydrogen-bond acceptors (Lipinski definition) is 3. The maximum Gasteiger partial charge on any atom is 0.230 e. The number of hydrogen-bond donors (Lipinski definition) is 1. The molecule has 0 spiro atoms. The van der Waals surface area contributed by atoms with E-state index in [1.54, 1.807) is 12.1 Å². The molecule has 3 rings (SSSR count). The largest absolute Gasteiger partial charge is 0.367 e. The van der Waals surface area contributed by atoms with Crippen LogP contribution in [0.2, 0.25) is 5.02 Å². The van der Waals surface area contributed by atoms with Crippen molar-refractivity contribution in [3.05, 3.63) is 34.7 Å². The molecule has 2 N–H and O–H groups in total. The third-order valence-corrected chi connectivity index (χ3v) is 4.50. The van der Waals surface area contributed by atoms with Crippen molar-refractivity contribution < 1.29 is 8.91 Å². The molecule has 2 aromatic rings. The summed E-state index contributed by atoms with van der Waals surface area (Å²) in [4.78, 5) is 0. The molecule has 1 aromatic heterocycles. The van der Waals surface area contributed by atoms with Gasteiger partial charge in [0.2, 0.25) is 5.88 Å². The Labute approximate surface area is 128 Å². The first-order valence-corrected chi connectivity index (χ1v) is 7.75. The van der Waals surface area contributed by atoms with Crippen LogP contribution in [0.25, 0.3) is 11.1 Å². The van der Waals surface area contributed by atoms with Crippen molar-refractivity contribution in [3.8, 4) is 11.1 Å².